The maximum Gasteiger partial charge on any atom is 0.288 e. The minimum Gasteiger partial charge on any atom is -0.472 e. The van der Waals surface area contributed by atoms with Crippen molar-refractivity contribution in [3.8, 4) is 5.88 Å². The lowest BCUT2D eigenvalue weighted by Crippen LogP contribution is -2.07. The van der Waals surface area contributed by atoms with Crippen LogP contribution in [0.4, 0.5) is 8.78 Å². The van der Waals surface area contributed by atoms with E-state index in [1.807, 2.05) is 0 Å². The second kappa shape index (κ2) is 7.61. The van der Waals surface area contributed by atoms with Gasteiger partial charge in [0.05, 0.1) is 0 Å². The third kappa shape index (κ3) is 4.44. The summed E-state index contributed by atoms with van der Waals surface area (Å²) < 4.78 is 32.3. The summed E-state index contributed by atoms with van der Waals surface area (Å²) in [6.45, 7) is -0.158. The predicted molar refractivity (Wildman–Crippen MR) is 79.3 cm³/mol. The molecule has 0 N–H and O–H groups in total. The van der Waals surface area contributed by atoms with E-state index >= 15 is 0 Å². The van der Waals surface area contributed by atoms with Crippen LogP contribution in [0.15, 0.2) is 40.5 Å². The fourth-order valence-electron chi connectivity index (χ4n) is 1.83. The molecule has 1 aromatic carbocycles. The van der Waals surface area contributed by atoms with Crippen LogP contribution in [0.3, 0.4) is 0 Å². The van der Waals surface area contributed by atoms with E-state index in [0.29, 0.717) is 0 Å². The second-order valence-electron chi connectivity index (χ2n) is 4.27. The summed E-state index contributed by atoms with van der Waals surface area (Å²) in [4.78, 5) is 14.4. The first kappa shape index (κ1) is 16.8. The molecule has 0 aliphatic carbocycles. The Morgan fingerprint density at radius 1 is 1.52 bits per heavy atom. The Balaban J connectivity index is 2.34. The first-order valence-corrected chi connectivity index (χ1v) is 7.18. The summed E-state index contributed by atoms with van der Waals surface area (Å²) in [7, 11) is 1.70. The Labute approximate surface area is 133 Å². The molecule has 0 aliphatic heterocycles. The normalized spacial score (nSPS) is 10.4. The van der Waals surface area contributed by atoms with E-state index in [1.165, 1.54) is 22.9 Å². The number of azide groups is 1. The molecule has 0 radical (unpaired) electrons. The zero-order chi connectivity index (χ0) is 16.8. The largest absolute Gasteiger partial charge is 0.472 e. The van der Waals surface area contributed by atoms with Gasteiger partial charge < -0.3 is 4.74 Å². The Hall–Kier alpha value is -2.58. The molecule has 0 unspecified atom stereocenters. The van der Waals surface area contributed by atoms with Crippen LogP contribution >= 0.6 is 11.8 Å². The molecule has 1 aromatic heterocycles. The average molecular weight is 339 g/mol. The minimum absolute atomic E-state index is 0.0179. The smallest absolute Gasteiger partial charge is 0.288 e. The fourth-order valence-corrected chi connectivity index (χ4v) is 2.49. The second-order valence-corrected chi connectivity index (χ2v) is 5.30. The van der Waals surface area contributed by atoms with Gasteiger partial charge in [0.2, 0.25) is 11.8 Å². The number of nitrogens with zero attached hydrogens (tertiary/aromatic N) is 5. The molecule has 2 aromatic rings. The zero-order valence-electron chi connectivity index (χ0n) is 11.9. The van der Waals surface area contributed by atoms with E-state index in [4.69, 9.17) is 10.3 Å². The van der Waals surface area contributed by atoms with Gasteiger partial charge in [0.15, 0.2) is 0 Å². The first-order chi connectivity index (χ1) is 11.0. The molecular weight excluding hydrogens is 328 g/mol. The average Bonchev–Trinajstić information content (AvgIpc) is 2.91. The van der Waals surface area contributed by atoms with Gasteiger partial charge in [-0.05, 0) is 16.7 Å². The van der Waals surface area contributed by atoms with Gasteiger partial charge >= 0.3 is 0 Å². The molecule has 10 heteroatoms. The summed E-state index contributed by atoms with van der Waals surface area (Å²) in [6.07, 6.45) is 1.65. The van der Waals surface area contributed by atoms with Crippen molar-refractivity contribution in [1.29, 1.82) is 0 Å². The summed E-state index contributed by atoms with van der Waals surface area (Å²) in [6, 6.07) is 5.87. The van der Waals surface area contributed by atoms with Crippen LogP contribution in [0.5, 0.6) is 5.88 Å². The van der Waals surface area contributed by atoms with Gasteiger partial charge in [-0.3, -0.25) is 9.48 Å². The Morgan fingerprint density at radius 2 is 2.30 bits per heavy atom. The quantitative estimate of drug-likeness (QED) is 0.346. The molecule has 0 aliphatic rings. The van der Waals surface area contributed by atoms with Gasteiger partial charge in [0.1, 0.15) is 6.61 Å². The van der Waals surface area contributed by atoms with Gasteiger partial charge in [-0.1, -0.05) is 23.9 Å². The number of halogens is 2. The Kier molecular flexibility index (Phi) is 5.56. The number of carbonyl (C=O) groups excluding carboxylic acids is 1. The van der Waals surface area contributed by atoms with Crippen molar-refractivity contribution in [3.63, 3.8) is 0 Å². The summed E-state index contributed by atoms with van der Waals surface area (Å²) in [5, 5.41) is 7.00. The van der Waals surface area contributed by atoms with E-state index in [1.54, 1.807) is 19.3 Å². The number of thioether (sulfide) groups is 1. The highest BCUT2D eigenvalue weighted by atomic mass is 32.2. The molecule has 0 atom stereocenters. The molecule has 0 spiro atoms. The molecule has 0 saturated carbocycles. The highest BCUT2D eigenvalue weighted by Crippen LogP contribution is 2.31. The number of rotatable bonds is 6. The Bertz CT molecular complexity index is 759. The van der Waals surface area contributed by atoms with Crippen molar-refractivity contribution < 1.29 is 18.3 Å². The number of amides is 1. The maximum atomic E-state index is 12.7. The van der Waals surface area contributed by atoms with Crippen LogP contribution in [0.1, 0.15) is 15.9 Å². The van der Waals surface area contributed by atoms with E-state index in [2.05, 4.69) is 15.1 Å². The number of carbonyl (C=O) groups is 1. The lowest BCUT2D eigenvalue weighted by atomic mass is 10.1. The predicted octanol–water partition coefficient (Wildman–Crippen LogP) is 3.76. The van der Waals surface area contributed by atoms with Crippen LogP contribution in [0, 0.1) is 0 Å². The SMILES string of the molecule is Cn1ccc(OCc2c(SC(F)F)cccc2C(=O)N=[N+]=[N-])n1. The first-order valence-electron chi connectivity index (χ1n) is 6.30. The van der Waals surface area contributed by atoms with Crippen LogP contribution in [0.25, 0.3) is 10.4 Å². The molecule has 0 saturated heterocycles. The third-order valence-corrected chi connectivity index (χ3v) is 3.58. The van der Waals surface area contributed by atoms with E-state index in [0.717, 1.165) is 0 Å². The molecule has 23 heavy (non-hydrogen) atoms. The van der Waals surface area contributed by atoms with Crippen LogP contribution in [0.2, 0.25) is 0 Å². The molecular formula is C13H11F2N5O2S. The van der Waals surface area contributed by atoms with Crippen molar-refractivity contribution >= 4 is 17.7 Å². The number of aromatic nitrogens is 2. The third-order valence-electron chi connectivity index (χ3n) is 2.77. The van der Waals surface area contributed by atoms with E-state index in [-0.39, 0.29) is 40.3 Å². The summed E-state index contributed by atoms with van der Waals surface area (Å²) in [5.74, 6) is -3.23. The molecule has 1 amide bonds. The number of alkyl halides is 2. The highest BCUT2D eigenvalue weighted by Gasteiger charge is 2.18. The maximum absolute atomic E-state index is 12.7. The van der Waals surface area contributed by atoms with Gasteiger partial charge in [0.25, 0.3) is 5.76 Å². The highest BCUT2D eigenvalue weighted by molar-refractivity contribution is 7.99. The van der Waals surface area contributed by atoms with Crippen molar-refractivity contribution in [2.45, 2.75) is 17.3 Å². The van der Waals surface area contributed by atoms with Gasteiger partial charge in [-0.15, -0.1) is 5.10 Å². The topological polar surface area (TPSA) is 92.9 Å². The zero-order valence-corrected chi connectivity index (χ0v) is 12.7. The molecule has 120 valence electrons. The van der Waals surface area contributed by atoms with Crippen molar-refractivity contribution in [2.75, 3.05) is 0 Å². The summed E-state index contributed by atoms with van der Waals surface area (Å²) in [5.41, 5.74) is 8.62. The van der Waals surface area contributed by atoms with Crippen LogP contribution in [-0.2, 0) is 13.7 Å². The Morgan fingerprint density at radius 3 is 2.91 bits per heavy atom. The van der Waals surface area contributed by atoms with Gasteiger partial charge in [-0.25, -0.2) is 0 Å². The number of hydrogen-bond acceptors (Lipinski definition) is 4. The molecule has 7 nitrogen and oxygen atoms in total. The van der Waals surface area contributed by atoms with E-state index in [9.17, 15) is 13.6 Å². The fraction of sp³-hybridized carbons (Fsp3) is 0.231. The molecule has 2 rings (SSSR count). The number of aryl methyl sites for hydroxylation is 1. The molecule has 1 heterocycles. The lowest BCUT2D eigenvalue weighted by molar-refractivity contribution is 0.0997. The van der Waals surface area contributed by atoms with Crippen molar-refractivity contribution in [1.82, 2.24) is 9.78 Å². The minimum atomic E-state index is -2.66. The summed E-state index contributed by atoms with van der Waals surface area (Å²) >= 11 is 0.289. The molecule has 0 bridgehead atoms. The lowest BCUT2D eigenvalue weighted by Gasteiger charge is -2.12. The number of benzene rings is 1. The number of ether oxygens (including phenoxy) is 1. The van der Waals surface area contributed by atoms with Crippen LogP contribution in [-0.4, -0.2) is 21.4 Å². The monoisotopic (exact) mass is 339 g/mol. The van der Waals surface area contributed by atoms with E-state index < -0.39 is 11.7 Å². The van der Waals surface area contributed by atoms with Gasteiger partial charge in [0, 0.05) is 40.2 Å². The van der Waals surface area contributed by atoms with Crippen molar-refractivity contribution in [2.24, 2.45) is 12.2 Å². The van der Waals surface area contributed by atoms with Gasteiger partial charge in [-0.2, -0.15) is 8.78 Å². The molecule has 0 fully saturated rings. The van der Waals surface area contributed by atoms with Crippen LogP contribution < -0.4 is 4.74 Å². The number of hydrogen-bond donors (Lipinski definition) is 0. The standard InChI is InChI=1S/C13H11F2N5O2S/c1-20-6-5-11(18-20)22-7-9-8(12(21)17-19-16)3-2-4-10(9)23-13(14)15/h2-6,13H,7H2,1H3. The van der Waals surface area contributed by atoms with Crippen molar-refractivity contribution in [3.05, 3.63) is 52.0 Å².